The zero-order chi connectivity index (χ0) is 10.8. The van der Waals surface area contributed by atoms with Crippen molar-refractivity contribution >= 4 is 48.5 Å². The summed E-state index contributed by atoms with van der Waals surface area (Å²) >= 11 is 6.52. The molecule has 4 heteroatoms. The van der Waals surface area contributed by atoms with Gasteiger partial charge in [0.1, 0.15) is 0 Å². The first-order valence-corrected chi connectivity index (χ1v) is 6.26. The number of ketones is 1. The summed E-state index contributed by atoms with van der Waals surface area (Å²) in [6, 6.07) is 7.67. The van der Waals surface area contributed by atoms with Gasteiger partial charge in [-0.25, -0.2) is 0 Å². The van der Waals surface area contributed by atoms with E-state index in [-0.39, 0.29) is 5.78 Å². The van der Waals surface area contributed by atoms with E-state index in [4.69, 9.17) is 0 Å². The number of hydrogen-bond donors (Lipinski definition) is 0. The third kappa shape index (κ3) is 2.26. The second-order valence-corrected chi connectivity index (χ2v) is 4.59. The van der Waals surface area contributed by atoms with Gasteiger partial charge in [0.25, 0.3) is 0 Å². The Bertz CT molecular complexity index is 525. The maximum absolute atomic E-state index is 11.4. The number of pyridine rings is 1. The summed E-state index contributed by atoms with van der Waals surface area (Å²) in [4.78, 5) is 15.7. The molecular weight excluding hydrogens is 322 g/mol. The normalized spacial score (nSPS) is 10.5. The van der Waals surface area contributed by atoms with Gasteiger partial charge in [-0.1, -0.05) is 37.9 Å². The molecular formula is C11H7Br2NO. The number of benzene rings is 1. The third-order valence-corrected chi connectivity index (χ3v) is 3.09. The highest BCUT2D eigenvalue weighted by molar-refractivity contribution is 9.10. The van der Waals surface area contributed by atoms with Gasteiger partial charge in [0, 0.05) is 21.6 Å². The van der Waals surface area contributed by atoms with Crippen molar-refractivity contribution in [2.75, 3.05) is 5.33 Å². The number of aromatic nitrogens is 1. The second kappa shape index (κ2) is 4.41. The molecule has 76 valence electrons. The molecule has 0 saturated carbocycles. The number of halogens is 2. The first-order valence-electron chi connectivity index (χ1n) is 4.35. The molecule has 0 aliphatic heterocycles. The lowest BCUT2D eigenvalue weighted by atomic mass is 10.1. The first-order chi connectivity index (χ1) is 7.20. The van der Waals surface area contributed by atoms with Crippen molar-refractivity contribution in [3.05, 3.63) is 40.5 Å². The Kier molecular flexibility index (Phi) is 3.17. The summed E-state index contributed by atoms with van der Waals surface area (Å²) in [5.74, 6) is 0.0484. The summed E-state index contributed by atoms with van der Waals surface area (Å²) in [5.41, 5.74) is 1.53. The van der Waals surface area contributed by atoms with Crippen LogP contribution in [0.4, 0.5) is 0 Å². The molecule has 0 saturated heterocycles. The number of alkyl halides is 1. The highest BCUT2D eigenvalue weighted by atomic mass is 79.9. The van der Waals surface area contributed by atoms with Gasteiger partial charge in [0.15, 0.2) is 5.78 Å². The molecule has 0 aliphatic rings. The van der Waals surface area contributed by atoms with E-state index in [2.05, 4.69) is 36.8 Å². The smallest absolute Gasteiger partial charge is 0.174 e. The maximum atomic E-state index is 11.4. The summed E-state index contributed by atoms with van der Waals surface area (Å²) in [6.45, 7) is 0. The molecule has 2 nitrogen and oxygen atoms in total. The van der Waals surface area contributed by atoms with Crippen molar-refractivity contribution in [3.8, 4) is 0 Å². The maximum Gasteiger partial charge on any atom is 0.174 e. The van der Waals surface area contributed by atoms with E-state index in [1.807, 2.05) is 24.3 Å². The monoisotopic (exact) mass is 327 g/mol. The molecule has 2 aromatic rings. The van der Waals surface area contributed by atoms with Gasteiger partial charge in [-0.2, -0.15) is 0 Å². The summed E-state index contributed by atoms with van der Waals surface area (Å²) in [6.07, 6.45) is 1.61. The highest BCUT2D eigenvalue weighted by Crippen LogP contribution is 2.19. The molecule has 0 unspecified atom stereocenters. The summed E-state index contributed by atoms with van der Waals surface area (Å²) in [5, 5.41) is 1.31. The fraction of sp³-hybridized carbons (Fsp3) is 0.0909. The van der Waals surface area contributed by atoms with E-state index in [1.165, 1.54) is 0 Å². The lowest BCUT2D eigenvalue weighted by Crippen LogP contribution is -2.00. The predicted octanol–water partition coefficient (Wildman–Crippen LogP) is 3.57. The molecule has 0 N–H and O–H groups in total. The number of carbonyl (C=O) groups excluding carboxylic acids is 1. The Balaban J connectivity index is 2.57. The van der Waals surface area contributed by atoms with E-state index in [9.17, 15) is 4.79 Å². The topological polar surface area (TPSA) is 30.0 Å². The van der Waals surface area contributed by atoms with Gasteiger partial charge >= 0.3 is 0 Å². The number of carbonyl (C=O) groups is 1. The summed E-state index contributed by atoms with van der Waals surface area (Å²) in [7, 11) is 0. The van der Waals surface area contributed by atoms with Crippen LogP contribution in [0.2, 0.25) is 0 Å². The summed E-state index contributed by atoms with van der Waals surface area (Å²) < 4.78 is 0.988. The zero-order valence-corrected chi connectivity index (χ0v) is 10.9. The largest absolute Gasteiger partial charge is 0.293 e. The molecule has 0 atom stereocenters. The van der Waals surface area contributed by atoms with Gasteiger partial charge in [-0.05, 0) is 18.2 Å². The van der Waals surface area contributed by atoms with Crippen LogP contribution in [-0.2, 0) is 0 Å². The molecule has 15 heavy (non-hydrogen) atoms. The molecule has 1 heterocycles. The minimum Gasteiger partial charge on any atom is -0.293 e. The number of rotatable bonds is 2. The van der Waals surface area contributed by atoms with Crippen LogP contribution in [0.5, 0.6) is 0 Å². The quantitative estimate of drug-likeness (QED) is 0.623. The van der Waals surface area contributed by atoms with E-state index < -0.39 is 0 Å². The van der Waals surface area contributed by atoms with E-state index in [0.29, 0.717) is 10.9 Å². The van der Waals surface area contributed by atoms with Crippen molar-refractivity contribution in [2.24, 2.45) is 0 Å². The van der Waals surface area contributed by atoms with E-state index >= 15 is 0 Å². The molecule has 0 fully saturated rings. The average molecular weight is 329 g/mol. The minimum absolute atomic E-state index is 0.0484. The number of fused-ring (bicyclic) bond motifs is 1. The van der Waals surface area contributed by atoms with Crippen LogP contribution < -0.4 is 0 Å². The van der Waals surface area contributed by atoms with Crippen molar-refractivity contribution in [2.45, 2.75) is 0 Å². The fourth-order valence-electron chi connectivity index (χ4n) is 1.32. The molecule has 0 spiro atoms. The van der Waals surface area contributed by atoms with Gasteiger partial charge in [-0.15, -0.1) is 0 Å². The average Bonchev–Trinajstić information content (AvgIpc) is 2.27. The minimum atomic E-state index is 0.0484. The van der Waals surface area contributed by atoms with Crippen LogP contribution in [0, 0.1) is 0 Å². The number of Topliss-reactive ketones (excluding diaryl/α,β-unsaturated/α-hetero) is 1. The standard InChI is InChI=1S/C11H7Br2NO/c12-5-11(15)8-3-7-1-2-9(13)4-10(7)14-6-8/h1-4,6H,5H2. The van der Waals surface area contributed by atoms with Crippen molar-refractivity contribution < 1.29 is 4.79 Å². The molecule has 1 aromatic heterocycles. The number of nitrogens with zero attached hydrogens (tertiary/aromatic N) is 1. The zero-order valence-electron chi connectivity index (χ0n) is 7.71. The van der Waals surface area contributed by atoms with Crippen LogP contribution in [0.1, 0.15) is 10.4 Å². The lowest BCUT2D eigenvalue weighted by molar-refractivity contribution is 0.102. The van der Waals surface area contributed by atoms with Gasteiger partial charge in [-0.3, -0.25) is 9.78 Å². The van der Waals surface area contributed by atoms with E-state index in [1.54, 1.807) is 6.20 Å². The molecule has 1 aromatic carbocycles. The van der Waals surface area contributed by atoms with Gasteiger partial charge in [0.05, 0.1) is 10.8 Å². The van der Waals surface area contributed by atoms with Crippen LogP contribution in [-0.4, -0.2) is 16.1 Å². The van der Waals surface area contributed by atoms with Crippen LogP contribution >= 0.6 is 31.9 Å². The predicted molar refractivity (Wildman–Crippen MR) is 67.6 cm³/mol. The van der Waals surface area contributed by atoms with Crippen LogP contribution in [0.15, 0.2) is 34.9 Å². The Morgan fingerprint density at radius 2 is 2.13 bits per heavy atom. The molecule has 2 rings (SSSR count). The molecule has 0 bridgehead atoms. The highest BCUT2D eigenvalue weighted by Gasteiger charge is 2.05. The molecule has 0 amide bonds. The lowest BCUT2D eigenvalue weighted by Gasteiger charge is -2.00. The van der Waals surface area contributed by atoms with Crippen molar-refractivity contribution in [3.63, 3.8) is 0 Å². The van der Waals surface area contributed by atoms with Crippen LogP contribution in [0.25, 0.3) is 10.9 Å². The Hall–Kier alpha value is -0.740. The Morgan fingerprint density at radius 3 is 2.87 bits per heavy atom. The fourth-order valence-corrected chi connectivity index (χ4v) is 2.00. The SMILES string of the molecule is O=C(CBr)c1cnc2cc(Br)ccc2c1. The third-order valence-electron chi connectivity index (χ3n) is 2.09. The molecule has 0 radical (unpaired) electrons. The van der Waals surface area contributed by atoms with Crippen molar-refractivity contribution in [1.82, 2.24) is 4.98 Å². The number of hydrogen-bond acceptors (Lipinski definition) is 2. The van der Waals surface area contributed by atoms with Crippen molar-refractivity contribution in [1.29, 1.82) is 0 Å². The van der Waals surface area contributed by atoms with Crippen LogP contribution in [0.3, 0.4) is 0 Å². The second-order valence-electron chi connectivity index (χ2n) is 3.12. The van der Waals surface area contributed by atoms with Gasteiger partial charge in [0.2, 0.25) is 0 Å². The molecule has 0 aliphatic carbocycles. The van der Waals surface area contributed by atoms with Gasteiger partial charge < -0.3 is 0 Å². The Morgan fingerprint density at radius 1 is 1.33 bits per heavy atom. The first kappa shape index (κ1) is 10.8. The Labute approximate surface area is 104 Å². The van der Waals surface area contributed by atoms with E-state index in [0.717, 1.165) is 15.4 Å².